The van der Waals surface area contributed by atoms with Crippen LogP contribution >= 0.6 is 0 Å². The predicted octanol–water partition coefficient (Wildman–Crippen LogP) is 5.24. The third kappa shape index (κ3) is 13.4. The summed E-state index contributed by atoms with van der Waals surface area (Å²) in [6.07, 6.45) is 11.5. The molecule has 27 heavy (non-hydrogen) atoms. The van der Waals surface area contributed by atoms with Crippen molar-refractivity contribution in [2.24, 2.45) is 0 Å². The molecule has 5 nitrogen and oxygen atoms in total. The Balaban J connectivity index is 1.82. The number of unbranched alkanes of at least 4 members (excludes halogenated alkanes) is 9. The lowest BCUT2D eigenvalue weighted by Gasteiger charge is -2.28. The van der Waals surface area contributed by atoms with Gasteiger partial charge in [-0.2, -0.15) is 0 Å². The van der Waals surface area contributed by atoms with Crippen LogP contribution in [0.15, 0.2) is 0 Å². The van der Waals surface area contributed by atoms with Gasteiger partial charge in [0.15, 0.2) is 0 Å². The van der Waals surface area contributed by atoms with Crippen LogP contribution in [-0.2, 0) is 4.79 Å². The maximum atomic E-state index is 13.1. The second-order valence-electron chi connectivity index (χ2n) is 7.71. The third-order valence-corrected chi connectivity index (χ3v) is 5.16. The zero-order valence-electron chi connectivity index (χ0n) is 16.4. The molecule has 0 saturated heterocycles. The fraction of sp³-hybridized carbons (Fsp3) is 0.900. The first kappa shape index (κ1) is 23.6. The van der Waals surface area contributed by atoms with Crippen molar-refractivity contribution in [3.05, 3.63) is 0 Å². The van der Waals surface area contributed by atoms with Gasteiger partial charge in [-0.05, 0) is 25.7 Å². The Hall–Kier alpha value is -1.40. The lowest BCUT2D eigenvalue weighted by Crippen LogP contribution is -2.45. The van der Waals surface area contributed by atoms with Gasteiger partial charge in [0.1, 0.15) is 0 Å². The van der Waals surface area contributed by atoms with E-state index in [9.17, 15) is 18.4 Å². The number of nitrogens with one attached hydrogen (secondary N) is 2. The normalized spacial score (nSPS) is 16.8. The number of carbonyl (C=O) groups is 2. The summed E-state index contributed by atoms with van der Waals surface area (Å²) in [4.78, 5) is 22.1. The Bertz CT molecular complexity index is 423. The number of amides is 2. The van der Waals surface area contributed by atoms with Crippen LogP contribution in [0, 0.1) is 0 Å². The molecule has 0 aliphatic heterocycles. The van der Waals surface area contributed by atoms with E-state index in [1.165, 1.54) is 25.7 Å². The van der Waals surface area contributed by atoms with Gasteiger partial charge >= 0.3 is 12.0 Å². The van der Waals surface area contributed by atoms with Gasteiger partial charge in [-0.15, -0.1) is 0 Å². The van der Waals surface area contributed by atoms with Crippen LogP contribution in [0.25, 0.3) is 0 Å². The number of carboxylic acid groups (broad SMARTS) is 1. The van der Waals surface area contributed by atoms with Gasteiger partial charge in [-0.25, -0.2) is 13.6 Å². The van der Waals surface area contributed by atoms with Gasteiger partial charge in [-0.1, -0.05) is 51.4 Å². The summed E-state index contributed by atoms with van der Waals surface area (Å²) in [5.41, 5.74) is 0. The highest BCUT2D eigenvalue weighted by Crippen LogP contribution is 2.32. The van der Waals surface area contributed by atoms with Gasteiger partial charge in [0.25, 0.3) is 0 Å². The SMILES string of the molecule is O=C(O)CCCCCCCCCCCCNC(=O)NC1CCC(F)(F)CC1. The maximum Gasteiger partial charge on any atom is 0.315 e. The first-order valence-electron chi connectivity index (χ1n) is 10.5. The molecule has 1 rings (SSSR count). The van der Waals surface area contributed by atoms with Gasteiger partial charge < -0.3 is 15.7 Å². The minimum atomic E-state index is -2.56. The number of alkyl halides is 2. The lowest BCUT2D eigenvalue weighted by atomic mass is 9.92. The molecule has 7 heteroatoms. The number of hydrogen-bond donors (Lipinski definition) is 3. The number of carbonyl (C=O) groups excluding carboxylic acids is 1. The number of halogens is 2. The minimum Gasteiger partial charge on any atom is -0.481 e. The quantitative estimate of drug-likeness (QED) is 0.355. The van der Waals surface area contributed by atoms with Crippen molar-refractivity contribution < 1.29 is 23.5 Å². The van der Waals surface area contributed by atoms with Crippen molar-refractivity contribution in [2.45, 2.75) is 108 Å². The number of hydrogen-bond acceptors (Lipinski definition) is 2. The molecule has 0 aromatic rings. The van der Waals surface area contributed by atoms with Gasteiger partial charge in [0.05, 0.1) is 0 Å². The van der Waals surface area contributed by atoms with Crippen molar-refractivity contribution in [3.63, 3.8) is 0 Å². The number of rotatable bonds is 14. The van der Waals surface area contributed by atoms with Crippen LogP contribution in [0.5, 0.6) is 0 Å². The second-order valence-corrected chi connectivity index (χ2v) is 7.71. The van der Waals surface area contributed by atoms with Crippen LogP contribution in [0.2, 0.25) is 0 Å². The number of carboxylic acids is 1. The summed E-state index contributed by atoms with van der Waals surface area (Å²) in [7, 11) is 0. The lowest BCUT2D eigenvalue weighted by molar-refractivity contribution is -0.137. The molecule has 1 aliphatic rings. The largest absolute Gasteiger partial charge is 0.481 e. The summed E-state index contributed by atoms with van der Waals surface area (Å²) in [5.74, 6) is -3.27. The molecule has 0 radical (unpaired) electrons. The highest BCUT2D eigenvalue weighted by atomic mass is 19.3. The van der Waals surface area contributed by atoms with E-state index in [-0.39, 0.29) is 31.3 Å². The Morgan fingerprint density at radius 2 is 1.33 bits per heavy atom. The van der Waals surface area contributed by atoms with Crippen LogP contribution in [0.4, 0.5) is 13.6 Å². The molecule has 0 unspecified atom stereocenters. The zero-order chi connectivity index (χ0) is 20.0. The molecule has 158 valence electrons. The average Bonchev–Trinajstić information content (AvgIpc) is 2.60. The van der Waals surface area contributed by atoms with Crippen molar-refractivity contribution in [2.75, 3.05) is 6.54 Å². The Morgan fingerprint density at radius 1 is 0.852 bits per heavy atom. The Kier molecular flexibility index (Phi) is 12.0. The predicted molar refractivity (Wildman–Crippen MR) is 102 cm³/mol. The van der Waals surface area contributed by atoms with Crippen molar-refractivity contribution >= 4 is 12.0 Å². The summed E-state index contributed by atoms with van der Waals surface area (Å²) in [5, 5.41) is 14.1. The smallest absolute Gasteiger partial charge is 0.315 e. The van der Waals surface area contributed by atoms with E-state index >= 15 is 0 Å². The van der Waals surface area contributed by atoms with Gasteiger partial charge in [0, 0.05) is 31.8 Å². The average molecular weight is 391 g/mol. The minimum absolute atomic E-state index is 0.131. The number of aliphatic carboxylic acids is 1. The van der Waals surface area contributed by atoms with E-state index in [0.717, 1.165) is 38.5 Å². The van der Waals surface area contributed by atoms with Crippen LogP contribution in [-0.4, -0.2) is 35.6 Å². The van der Waals surface area contributed by atoms with Crippen molar-refractivity contribution in [3.8, 4) is 0 Å². The van der Waals surface area contributed by atoms with Gasteiger partial charge in [0.2, 0.25) is 5.92 Å². The molecular formula is C20H36F2N2O3. The fourth-order valence-electron chi connectivity index (χ4n) is 3.44. The highest BCUT2D eigenvalue weighted by Gasteiger charge is 2.35. The molecule has 1 aliphatic carbocycles. The molecular weight excluding hydrogens is 354 g/mol. The zero-order valence-corrected chi connectivity index (χ0v) is 16.4. The first-order chi connectivity index (χ1) is 12.9. The Labute approximate surface area is 161 Å². The van der Waals surface area contributed by atoms with E-state index in [1.54, 1.807) is 0 Å². The summed E-state index contributed by atoms with van der Waals surface area (Å²) in [6, 6.07) is -0.373. The molecule has 3 N–H and O–H groups in total. The summed E-state index contributed by atoms with van der Waals surface area (Å²) >= 11 is 0. The topological polar surface area (TPSA) is 78.4 Å². The molecule has 0 atom stereocenters. The van der Waals surface area contributed by atoms with Crippen molar-refractivity contribution in [1.82, 2.24) is 10.6 Å². The van der Waals surface area contributed by atoms with Gasteiger partial charge in [-0.3, -0.25) is 4.79 Å². The van der Waals surface area contributed by atoms with E-state index in [2.05, 4.69) is 10.6 Å². The molecule has 0 spiro atoms. The van der Waals surface area contributed by atoms with Crippen LogP contribution in [0.3, 0.4) is 0 Å². The second kappa shape index (κ2) is 13.7. The van der Waals surface area contributed by atoms with E-state index in [1.807, 2.05) is 0 Å². The highest BCUT2D eigenvalue weighted by molar-refractivity contribution is 5.74. The standard InChI is InChI=1S/C20H36F2N2O3/c21-20(22)14-12-17(13-15-20)24-19(27)23-16-10-8-6-4-2-1-3-5-7-9-11-18(25)26/h17H,1-16H2,(H,25,26)(H2,23,24,27). The molecule has 1 fully saturated rings. The monoisotopic (exact) mass is 390 g/mol. The Morgan fingerprint density at radius 3 is 1.85 bits per heavy atom. The van der Waals surface area contributed by atoms with E-state index in [0.29, 0.717) is 19.4 Å². The maximum absolute atomic E-state index is 13.1. The molecule has 1 saturated carbocycles. The molecule has 0 bridgehead atoms. The molecule has 0 heterocycles. The van der Waals surface area contributed by atoms with Crippen LogP contribution in [0.1, 0.15) is 96.3 Å². The summed E-state index contributed by atoms with van der Waals surface area (Å²) in [6.45, 7) is 0.623. The number of urea groups is 1. The van der Waals surface area contributed by atoms with Crippen molar-refractivity contribution in [1.29, 1.82) is 0 Å². The summed E-state index contributed by atoms with van der Waals surface area (Å²) < 4.78 is 26.1. The fourth-order valence-corrected chi connectivity index (χ4v) is 3.44. The third-order valence-electron chi connectivity index (χ3n) is 5.16. The van der Waals surface area contributed by atoms with E-state index in [4.69, 9.17) is 5.11 Å². The molecule has 0 aromatic heterocycles. The molecule has 2 amide bonds. The molecule has 0 aromatic carbocycles. The van der Waals surface area contributed by atoms with E-state index < -0.39 is 11.9 Å². The first-order valence-corrected chi connectivity index (χ1v) is 10.5. The van der Waals surface area contributed by atoms with Crippen LogP contribution < -0.4 is 10.6 Å².